The molecule has 1 aliphatic heterocycles. The Labute approximate surface area is 127 Å². The first kappa shape index (κ1) is 15.8. The van der Waals surface area contributed by atoms with Gasteiger partial charge in [-0.2, -0.15) is 0 Å². The van der Waals surface area contributed by atoms with Crippen molar-refractivity contribution in [2.45, 2.75) is 45.3 Å². The number of fused-ring (bicyclic) bond motifs is 1. The first-order valence-electron chi connectivity index (χ1n) is 7.47. The SMILES string of the molecule is CCOC(=O)CC(c1cccc2c1OC(C)(C)C2)N(C)C. The van der Waals surface area contributed by atoms with Crippen LogP contribution in [0.3, 0.4) is 0 Å². The van der Waals surface area contributed by atoms with E-state index >= 15 is 0 Å². The number of ether oxygens (including phenoxy) is 2. The van der Waals surface area contributed by atoms with E-state index in [4.69, 9.17) is 9.47 Å². The molecule has 4 heteroatoms. The highest BCUT2D eigenvalue weighted by atomic mass is 16.5. The summed E-state index contributed by atoms with van der Waals surface area (Å²) in [6, 6.07) is 6.16. The van der Waals surface area contributed by atoms with E-state index in [9.17, 15) is 4.79 Å². The zero-order valence-corrected chi connectivity index (χ0v) is 13.6. The number of carbonyl (C=O) groups is 1. The van der Waals surface area contributed by atoms with Crippen molar-refractivity contribution >= 4 is 5.97 Å². The minimum Gasteiger partial charge on any atom is -0.487 e. The van der Waals surface area contributed by atoms with E-state index in [2.05, 4.69) is 19.9 Å². The molecule has 0 saturated carbocycles. The Balaban J connectivity index is 2.31. The van der Waals surface area contributed by atoms with Gasteiger partial charge in [-0.1, -0.05) is 18.2 Å². The lowest BCUT2D eigenvalue weighted by Crippen LogP contribution is -2.26. The maximum absolute atomic E-state index is 11.9. The molecule has 0 amide bonds. The van der Waals surface area contributed by atoms with Gasteiger partial charge in [0.1, 0.15) is 11.4 Å². The molecular formula is C17H25NO3. The maximum Gasteiger partial charge on any atom is 0.307 e. The minimum absolute atomic E-state index is 0.0344. The third kappa shape index (κ3) is 3.56. The van der Waals surface area contributed by atoms with Crippen LogP contribution in [0.5, 0.6) is 5.75 Å². The summed E-state index contributed by atoms with van der Waals surface area (Å²) in [5.41, 5.74) is 2.10. The molecule has 0 aliphatic carbocycles. The standard InChI is InChI=1S/C17H25NO3/c1-6-20-15(19)10-14(18(4)5)13-9-7-8-12-11-17(2,3)21-16(12)13/h7-9,14H,6,10-11H2,1-5H3. The Kier molecular flexibility index (Phi) is 4.57. The number of nitrogens with zero attached hydrogens (tertiary/aromatic N) is 1. The Morgan fingerprint density at radius 1 is 1.43 bits per heavy atom. The molecule has 0 N–H and O–H groups in total. The van der Waals surface area contributed by atoms with Gasteiger partial charge in [-0.15, -0.1) is 0 Å². The lowest BCUT2D eigenvalue weighted by molar-refractivity contribution is -0.144. The van der Waals surface area contributed by atoms with Crippen LogP contribution in [0.4, 0.5) is 0 Å². The third-order valence-corrected chi connectivity index (χ3v) is 3.77. The lowest BCUT2D eigenvalue weighted by atomic mass is 9.96. The monoisotopic (exact) mass is 291 g/mol. The number of hydrogen-bond acceptors (Lipinski definition) is 4. The fraction of sp³-hybridized carbons (Fsp3) is 0.588. The molecule has 0 fully saturated rings. The van der Waals surface area contributed by atoms with Gasteiger partial charge in [0.15, 0.2) is 0 Å². The summed E-state index contributed by atoms with van der Waals surface area (Å²) >= 11 is 0. The van der Waals surface area contributed by atoms with E-state index in [-0.39, 0.29) is 17.6 Å². The molecule has 0 aromatic heterocycles. The minimum atomic E-state index is -0.181. The molecule has 1 aliphatic rings. The van der Waals surface area contributed by atoms with E-state index < -0.39 is 0 Å². The second kappa shape index (κ2) is 6.06. The van der Waals surface area contributed by atoms with Crippen LogP contribution >= 0.6 is 0 Å². The summed E-state index contributed by atoms with van der Waals surface area (Å²) in [6.45, 7) is 6.42. The molecule has 2 rings (SSSR count). The van der Waals surface area contributed by atoms with Crippen LogP contribution < -0.4 is 4.74 Å². The van der Waals surface area contributed by atoms with Gasteiger partial charge in [0, 0.05) is 18.0 Å². The topological polar surface area (TPSA) is 38.8 Å². The Morgan fingerprint density at radius 2 is 2.14 bits per heavy atom. The number of benzene rings is 1. The van der Waals surface area contributed by atoms with Crippen molar-refractivity contribution in [1.82, 2.24) is 4.90 Å². The van der Waals surface area contributed by atoms with Gasteiger partial charge in [0.25, 0.3) is 0 Å². The van der Waals surface area contributed by atoms with Crippen molar-refractivity contribution in [3.05, 3.63) is 29.3 Å². The molecule has 1 aromatic carbocycles. The Bertz CT molecular complexity index is 523. The summed E-state index contributed by atoms with van der Waals surface area (Å²) in [4.78, 5) is 13.9. The number of hydrogen-bond donors (Lipinski definition) is 0. The van der Waals surface area contributed by atoms with Gasteiger partial charge in [0.2, 0.25) is 0 Å². The Morgan fingerprint density at radius 3 is 2.76 bits per heavy atom. The van der Waals surface area contributed by atoms with Crippen LogP contribution in [0.25, 0.3) is 0 Å². The summed E-state index contributed by atoms with van der Waals surface area (Å²) in [6.07, 6.45) is 1.23. The van der Waals surface area contributed by atoms with Crippen LogP contribution in [-0.2, 0) is 16.0 Å². The number of esters is 1. The van der Waals surface area contributed by atoms with Gasteiger partial charge < -0.3 is 14.4 Å². The summed E-state index contributed by atoms with van der Waals surface area (Å²) in [7, 11) is 3.95. The highest BCUT2D eigenvalue weighted by molar-refractivity contribution is 5.70. The van der Waals surface area contributed by atoms with Gasteiger partial charge in [0.05, 0.1) is 13.0 Å². The van der Waals surface area contributed by atoms with Crippen LogP contribution in [0.15, 0.2) is 18.2 Å². The molecule has 1 aromatic rings. The molecule has 1 heterocycles. The number of para-hydroxylation sites is 1. The fourth-order valence-electron chi connectivity index (χ4n) is 2.85. The van der Waals surface area contributed by atoms with E-state index in [1.165, 1.54) is 5.56 Å². The van der Waals surface area contributed by atoms with Gasteiger partial charge in [-0.3, -0.25) is 4.79 Å². The summed E-state index contributed by atoms with van der Waals surface area (Å²) in [5.74, 6) is 0.761. The molecule has 0 radical (unpaired) electrons. The molecule has 116 valence electrons. The summed E-state index contributed by atoms with van der Waals surface area (Å²) < 4.78 is 11.2. The van der Waals surface area contributed by atoms with Crippen molar-refractivity contribution in [1.29, 1.82) is 0 Å². The van der Waals surface area contributed by atoms with Crippen LogP contribution in [0.1, 0.15) is 44.4 Å². The largest absolute Gasteiger partial charge is 0.487 e. The van der Waals surface area contributed by atoms with Crippen molar-refractivity contribution in [2.24, 2.45) is 0 Å². The first-order chi connectivity index (χ1) is 9.84. The van der Waals surface area contributed by atoms with Crippen molar-refractivity contribution < 1.29 is 14.3 Å². The third-order valence-electron chi connectivity index (χ3n) is 3.77. The van der Waals surface area contributed by atoms with E-state index in [1.54, 1.807) is 0 Å². The second-order valence-corrected chi connectivity index (χ2v) is 6.36. The lowest BCUT2D eigenvalue weighted by Gasteiger charge is -2.26. The van der Waals surface area contributed by atoms with Gasteiger partial charge >= 0.3 is 5.97 Å². The van der Waals surface area contributed by atoms with E-state index in [0.29, 0.717) is 13.0 Å². The highest BCUT2D eigenvalue weighted by Gasteiger charge is 2.34. The zero-order chi connectivity index (χ0) is 15.6. The van der Waals surface area contributed by atoms with Crippen LogP contribution in [0.2, 0.25) is 0 Å². The Hall–Kier alpha value is -1.55. The number of carbonyl (C=O) groups excluding carboxylic acids is 1. The van der Waals surface area contributed by atoms with E-state index in [0.717, 1.165) is 17.7 Å². The average Bonchev–Trinajstić information content (AvgIpc) is 2.69. The average molecular weight is 291 g/mol. The normalized spacial score (nSPS) is 17.2. The zero-order valence-electron chi connectivity index (χ0n) is 13.6. The van der Waals surface area contributed by atoms with Gasteiger partial charge in [-0.25, -0.2) is 0 Å². The molecule has 1 atom stereocenters. The van der Waals surface area contributed by atoms with E-state index in [1.807, 2.05) is 38.1 Å². The smallest absolute Gasteiger partial charge is 0.307 e. The van der Waals surface area contributed by atoms with Crippen molar-refractivity contribution in [3.8, 4) is 5.75 Å². The van der Waals surface area contributed by atoms with Crippen molar-refractivity contribution in [3.63, 3.8) is 0 Å². The quantitative estimate of drug-likeness (QED) is 0.782. The highest BCUT2D eigenvalue weighted by Crippen LogP contribution is 2.41. The molecule has 4 nitrogen and oxygen atoms in total. The first-order valence-corrected chi connectivity index (χ1v) is 7.47. The summed E-state index contributed by atoms with van der Waals surface area (Å²) in [5, 5.41) is 0. The molecule has 0 bridgehead atoms. The van der Waals surface area contributed by atoms with Crippen LogP contribution in [-0.4, -0.2) is 37.2 Å². The molecule has 21 heavy (non-hydrogen) atoms. The van der Waals surface area contributed by atoms with Crippen molar-refractivity contribution in [2.75, 3.05) is 20.7 Å². The number of rotatable bonds is 5. The molecule has 0 spiro atoms. The molecule has 0 saturated heterocycles. The molecule has 1 unspecified atom stereocenters. The van der Waals surface area contributed by atoms with Crippen LogP contribution in [0, 0.1) is 0 Å². The molecular weight excluding hydrogens is 266 g/mol. The predicted octanol–water partition coefficient (Wildman–Crippen LogP) is 2.96. The predicted molar refractivity (Wildman–Crippen MR) is 82.5 cm³/mol. The van der Waals surface area contributed by atoms with Gasteiger partial charge in [-0.05, 0) is 40.4 Å². The maximum atomic E-state index is 11.9. The second-order valence-electron chi connectivity index (χ2n) is 6.36. The fourth-order valence-corrected chi connectivity index (χ4v) is 2.85.